The van der Waals surface area contributed by atoms with Gasteiger partial charge < -0.3 is 10.6 Å². The van der Waals surface area contributed by atoms with Crippen molar-refractivity contribution in [2.45, 2.75) is 6.42 Å². The van der Waals surface area contributed by atoms with Crippen LogP contribution in [-0.4, -0.2) is 33.3 Å². The zero-order chi connectivity index (χ0) is 13.0. The first-order valence-electron chi connectivity index (χ1n) is 5.61. The molecule has 0 aliphatic rings. The summed E-state index contributed by atoms with van der Waals surface area (Å²) in [5, 5.41) is 9.93. The van der Waals surface area contributed by atoms with Gasteiger partial charge in [-0.3, -0.25) is 4.68 Å². The third kappa shape index (κ3) is 2.93. The second-order valence-corrected chi connectivity index (χ2v) is 3.80. The van der Waals surface area contributed by atoms with E-state index in [1.54, 1.807) is 11.7 Å². The van der Waals surface area contributed by atoms with E-state index in [9.17, 15) is 4.39 Å². The Balaban J connectivity index is 1.93. The lowest BCUT2D eigenvalue weighted by Gasteiger charge is -2.06. The Bertz CT molecular complexity index is 524. The molecule has 0 unspecified atom stereocenters. The fourth-order valence-electron chi connectivity index (χ4n) is 1.52. The maximum absolute atomic E-state index is 13.4. The largest absolute Gasteiger partial charge is 0.367 e. The van der Waals surface area contributed by atoms with Crippen LogP contribution in [0.2, 0.25) is 0 Å². The van der Waals surface area contributed by atoms with Crippen LogP contribution in [0.15, 0.2) is 18.5 Å². The summed E-state index contributed by atoms with van der Waals surface area (Å²) in [6, 6.07) is 1.93. The quantitative estimate of drug-likeness (QED) is 0.830. The Hall–Kier alpha value is -2.18. The number of hydrogen-bond donors (Lipinski definition) is 2. The first kappa shape index (κ1) is 12.3. The molecular formula is C11H15FN6. The van der Waals surface area contributed by atoms with Gasteiger partial charge in [0.05, 0.1) is 11.9 Å². The van der Waals surface area contributed by atoms with E-state index in [2.05, 4.69) is 25.7 Å². The standard InChI is InChI=1S/C11H15FN6/c1-13-11-15-7-9(12)10(16-11)14-5-3-8-4-6-18(2)17-8/h4,6-7H,3,5H2,1-2H3,(H2,13,14,15,16). The topological polar surface area (TPSA) is 67.7 Å². The van der Waals surface area contributed by atoms with E-state index >= 15 is 0 Å². The second kappa shape index (κ2) is 5.44. The molecule has 0 saturated heterocycles. The highest BCUT2D eigenvalue weighted by molar-refractivity contribution is 5.40. The normalized spacial score (nSPS) is 10.4. The Morgan fingerprint density at radius 2 is 2.28 bits per heavy atom. The average Bonchev–Trinajstić information content (AvgIpc) is 2.77. The fraction of sp³-hybridized carbons (Fsp3) is 0.364. The summed E-state index contributed by atoms with van der Waals surface area (Å²) in [6.45, 7) is 0.564. The van der Waals surface area contributed by atoms with Crippen molar-refractivity contribution in [2.24, 2.45) is 7.05 Å². The van der Waals surface area contributed by atoms with E-state index in [0.717, 1.165) is 11.9 Å². The van der Waals surface area contributed by atoms with E-state index in [4.69, 9.17) is 0 Å². The van der Waals surface area contributed by atoms with Crippen LogP contribution in [-0.2, 0) is 13.5 Å². The summed E-state index contributed by atoms with van der Waals surface area (Å²) < 4.78 is 15.1. The molecular weight excluding hydrogens is 235 g/mol. The van der Waals surface area contributed by atoms with Crippen molar-refractivity contribution in [3.8, 4) is 0 Å². The van der Waals surface area contributed by atoms with Gasteiger partial charge in [0.1, 0.15) is 0 Å². The van der Waals surface area contributed by atoms with Crippen molar-refractivity contribution in [1.82, 2.24) is 19.7 Å². The Morgan fingerprint density at radius 1 is 1.44 bits per heavy atom. The summed E-state index contributed by atoms with van der Waals surface area (Å²) in [4.78, 5) is 7.77. The van der Waals surface area contributed by atoms with Gasteiger partial charge in [-0.05, 0) is 6.07 Å². The molecule has 2 aromatic heterocycles. The maximum Gasteiger partial charge on any atom is 0.224 e. The first-order chi connectivity index (χ1) is 8.69. The molecule has 0 aliphatic carbocycles. The predicted molar refractivity (Wildman–Crippen MR) is 66.9 cm³/mol. The molecule has 0 aromatic carbocycles. The van der Waals surface area contributed by atoms with E-state index in [-0.39, 0.29) is 5.82 Å². The van der Waals surface area contributed by atoms with Gasteiger partial charge in [0.2, 0.25) is 5.95 Å². The van der Waals surface area contributed by atoms with Gasteiger partial charge in [-0.2, -0.15) is 10.1 Å². The number of halogens is 1. The number of rotatable bonds is 5. The first-order valence-corrected chi connectivity index (χ1v) is 5.61. The average molecular weight is 250 g/mol. The lowest BCUT2D eigenvalue weighted by atomic mass is 10.3. The molecule has 2 aromatic rings. The SMILES string of the molecule is CNc1ncc(F)c(NCCc2ccn(C)n2)n1. The molecule has 0 aliphatic heterocycles. The molecule has 0 fully saturated rings. The van der Waals surface area contributed by atoms with Crippen molar-refractivity contribution >= 4 is 11.8 Å². The van der Waals surface area contributed by atoms with Crippen molar-refractivity contribution in [1.29, 1.82) is 0 Å². The predicted octanol–water partition coefficient (Wildman–Crippen LogP) is 1.05. The molecule has 0 radical (unpaired) electrons. The van der Waals surface area contributed by atoms with Crippen LogP contribution >= 0.6 is 0 Å². The lowest BCUT2D eigenvalue weighted by Crippen LogP contribution is -2.10. The summed E-state index contributed by atoms with van der Waals surface area (Å²) in [5.41, 5.74) is 0.952. The minimum Gasteiger partial charge on any atom is -0.367 e. The van der Waals surface area contributed by atoms with Crippen LogP contribution in [0.4, 0.5) is 16.2 Å². The van der Waals surface area contributed by atoms with Gasteiger partial charge in [-0.1, -0.05) is 0 Å². The zero-order valence-electron chi connectivity index (χ0n) is 10.3. The molecule has 2 heterocycles. The Kier molecular flexibility index (Phi) is 3.71. The van der Waals surface area contributed by atoms with Gasteiger partial charge >= 0.3 is 0 Å². The third-order valence-corrected chi connectivity index (χ3v) is 2.41. The van der Waals surface area contributed by atoms with Crippen molar-refractivity contribution in [3.05, 3.63) is 30.0 Å². The third-order valence-electron chi connectivity index (χ3n) is 2.41. The maximum atomic E-state index is 13.4. The summed E-state index contributed by atoms with van der Waals surface area (Å²) >= 11 is 0. The van der Waals surface area contributed by atoms with Crippen LogP contribution in [0.3, 0.4) is 0 Å². The van der Waals surface area contributed by atoms with E-state index in [1.807, 2.05) is 19.3 Å². The minimum absolute atomic E-state index is 0.199. The molecule has 0 spiro atoms. The molecule has 0 atom stereocenters. The van der Waals surface area contributed by atoms with E-state index in [1.165, 1.54) is 0 Å². The minimum atomic E-state index is -0.463. The number of nitrogens with zero attached hydrogens (tertiary/aromatic N) is 4. The molecule has 0 saturated carbocycles. The fourth-order valence-corrected chi connectivity index (χ4v) is 1.52. The Morgan fingerprint density at radius 3 is 2.94 bits per heavy atom. The molecule has 2 rings (SSSR count). The van der Waals surface area contributed by atoms with Gasteiger partial charge in [-0.25, -0.2) is 9.37 Å². The molecule has 18 heavy (non-hydrogen) atoms. The van der Waals surface area contributed by atoms with Crippen LogP contribution in [0.1, 0.15) is 5.69 Å². The number of nitrogens with one attached hydrogen (secondary N) is 2. The molecule has 2 N–H and O–H groups in total. The van der Waals surface area contributed by atoms with Gasteiger partial charge in [0.15, 0.2) is 11.6 Å². The number of aromatic nitrogens is 4. The number of aryl methyl sites for hydroxylation is 1. The molecule has 96 valence electrons. The smallest absolute Gasteiger partial charge is 0.224 e. The molecule has 0 bridgehead atoms. The number of hydrogen-bond acceptors (Lipinski definition) is 5. The van der Waals surface area contributed by atoms with Crippen molar-refractivity contribution in [3.63, 3.8) is 0 Å². The van der Waals surface area contributed by atoms with Gasteiger partial charge in [0.25, 0.3) is 0 Å². The lowest BCUT2D eigenvalue weighted by molar-refractivity contribution is 0.617. The highest BCUT2D eigenvalue weighted by Crippen LogP contribution is 2.11. The molecule has 7 heteroatoms. The van der Waals surface area contributed by atoms with Crippen LogP contribution < -0.4 is 10.6 Å². The van der Waals surface area contributed by atoms with Gasteiger partial charge in [-0.15, -0.1) is 0 Å². The zero-order valence-corrected chi connectivity index (χ0v) is 10.3. The summed E-state index contributed by atoms with van der Waals surface area (Å²) in [5.74, 6) is 0.122. The van der Waals surface area contributed by atoms with E-state index < -0.39 is 5.82 Å². The Labute approximate surface area is 104 Å². The number of anilines is 2. The monoisotopic (exact) mass is 250 g/mol. The van der Waals surface area contributed by atoms with Crippen LogP contribution in [0.25, 0.3) is 0 Å². The highest BCUT2D eigenvalue weighted by Gasteiger charge is 2.05. The van der Waals surface area contributed by atoms with E-state index in [0.29, 0.717) is 18.9 Å². The van der Waals surface area contributed by atoms with Crippen LogP contribution in [0.5, 0.6) is 0 Å². The highest BCUT2D eigenvalue weighted by atomic mass is 19.1. The summed E-state index contributed by atoms with van der Waals surface area (Å²) in [7, 11) is 3.55. The molecule has 0 amide bonds. The van der Waals surface area contributed by atoms with Gasteiger partial charge in [0, 0.05) is 33.3 Å². The van der Waals surface area contributed by atoms with Crippen molar-refractivity contribution < 1.29 is 4.39 Å². The second-order valence-electron chi connectivity index (χ2n) is 3.80. The van der Waals surface area contributed by atoms with Crippen molar-refractivity contribution in [2.75, 3.05) is 24.2 Å². The molecule has 6 nitrogen and oxygen atoms in total. The summed E-state index contributed by atoms with van der Waals surface area (Å²) in [6.07, 6.45) is 3.72. The van der Waals surface area contributed by atoms with Crippen LogP contribution in [0, 0.1) is 5.82 Å².